The van der Waals surface area contributed by atoms with Crippen molar-refractivity contribution in [3.8, 4) is 0 Å². The molecule has 1 atom stereocenters. The highest BCUT2D eigenvalue weighted by atomic mass is 16.4. The molecule has 1 aromatic rings. The third-order valence-corrected chi connectivity index (χ3v) is 2.75. The van der Waals surface area contributed by atoms with Crippen molar-refractivity contribution in [2.24, 2.45) is 0 Å². The van der Waals surface area contributed by atoms with Crippen LogP contribution in [0.1, 0.15) is 32.4 Å². The summed E-state index contributed by atoms with van der Waals surface area (Å²) in [5.74, 6) is -0.795. The van der Waals surface area contributed by atoms with Crippen LogP contribution in [0.25, 0.3) is 0 Å². The Morgan fingerprint density at radius 1 is 1.62 bits per heavy atom. The SMILES string of the molecule is CCN(CC(=O)O)C(C)c1cnn(CC)c1. The second kappa shape index (κ2) is 5.65. The number of aryl methyl sites for hydroxylation is 1. The number of hydrogen-bond acceptors (Lipinski definition) is 3. The van der Waals surface area contributed by atoms with Gasteiger partial charge in [0.25, 0.3) is 0 Å². The van der Waals surface area contributed by atoms with E-state index >= 15 is 0 Å². The van der Waals surface area contributed by atoms with Gasteiger partial charge in [-0.25, -0.2) is 0 Å². The van der Waals surface area contributed by atoms with Crippen LogP contribution in [0.15, 0.2) is 12.4 Å². The summed E-state index contributed by atoms with van der Waals surface area (Å²) in [5, 5.41) is 13.0. The lowest BCUT2D eigenvalue weighted by Gasteiger charge is -2.24. The Bertz CT molecular complexity index is 349. The van der Waals surface area contributed by atoms with Crippen molar-refractivity contribution in [3.05, 3.63) is 18.0 Å². The fraction of sp³-hybridized carbons (Fsp3) is 0.636. The van der Waals surface area contributed by atoms with E-state index in [4.69, 9.17) is 5.11 Å². The van der Waals surface area contributed by atoms with Crippen molar-refractivity contribution in [1.29, 1.82) is 0 Å². The van der Waals surface area contributed by atoms with Crippen molar-refractivity contribution in [1.82, 2.24) is 14.7 Å². The lowest BCUT2D eigenvalue weighted by Crippen LogP contribution is -2.32. The lowest BCUT2D eigenvalue weighted by atomic mass is 10.1. The van der Waals surface area contributed by atoms with Crippen LogP contribution in [0.5, 0.6) is 0 Å². The summed E-state index contributed by atoms with van der Waals surface area (Å²) >= 11 is 0. The number of hydrogen-bond donors (Lipinski definition) is 1. The maximum atomic E-state index is 10.7. The second-order valence-corrected chi connectivity index (χ2v) is 3.76. The maximum absolute atomic E-state index is 10.7. The van der Waals surface area contributed by atoms with E-state index < -0.39 is 5.97 Å². The Labute approximate surface area is 95.7 Å². The Morgan fingerprint density at radius 3 is 2.75 bits per heavy atom. The first-order chi connectivity index (χ1) is 7.58. The summed E-state index contributed by atoms with van der Waals surface area (Å²) in [4.78, 5) is 12.6. The zero-order valence-corrected chi connectivity index (χ0v) is 10.1. The van der Waals surface area contributed by atoms with Gasteiger partial charge in [0.1, 0.15) is 0 Å². The Hall–Kier alpha value is -1.36. The van der Waals surface area contributed by atoms with Crippen LogP contribution in [0.3, 0.4) is 0 Å². The van der Waals surface area contributed by atoms with Crippen molar-refractivity contribution in [2.45, 2.75) is 33.4 Å². The topological polar surface area (TPSA) is 58.4 Å². The van der Waals surface area contributed by atoms with E-state index in [1.165, 1.54) is 0 Å². The monoisotopic (exact) mass is 225 g/mol. The minimum absolute atomic E-state index is 0.0645. The third kappa shape index (κ3) is 3.06. The zero-order chi connectivity index (χ0) is 12.1. The molecule has 1 aromatic heterocycles. The highest BCUT2D eigenvalue weighted by molar-refractivity contribution is 5.69. The van der Waals surface area contributed by atoms with Crippen molar-refractivity contribution >= 4 is 5.97 Å². The number of aliphatic carboxylic acids is 1. The van der Waals surface area contributed by atoms with Crippen LogP contribution in [0.2, 0.25) is 0 Å². The van der Waals surface area contributed by atoms with Gasteiger partial charge in [0.2, 0.25) is 0 Å². The molecule has 0 aliphatic carbocycles. The molecule has 1 unspecified atom stereocenters. The minimum Gasteiger partial charge on any atom is -0.480 e. The molecule has 0 aliphatic rings. The predicted octanol–water partition coefficient (Wildman–Crippen LogP) is 1.37. The summed E-state index contributed by atoms with van der Waals surface area (Å²) in [5.41, 5.74) is 1.06. The molecule has 5 nitrogen and oxygen atoms in total. The summed E-state index contributed by atoms with van der Waals surface area (Å²) in [6.07, 6.45) is 3.77. The summed E-state index contributed by atoms with van der Waals surface area (Å²) in [7, 11) is 0. The molecule has 1 N–H and O–H groups in total. The molecule has 0 amide bonds. The Kier molecular flexibility index (Phi) is 4.49. The van der Waals surface area contributed by atoms with Gasteiger partial charge in [-0.15, -0.1) is 0 Å². The molecule has 16 heavy (non-hydrogen) atoms. The van der Waals surface area contributed by atoms with Crippen LogP contribution >= 0.6 is 0 Å². The number of aromatic nitrogens is 2. The smallest absolute Gasteiger partial charge is 0.317 e. The summed E-state index contributed by atoms with van der Waals surface area (Å²) < 4.78 is 1.85. The second-order valence-electron chi connectivity index (χ2n) is 3.76. The van der Waals surface area contributed by atoms with Gasteiger partial charge < -0.3 is 5.11 Å². The van der Waals surface area contributed by atoms with E-state index in [1.54, 1.807) is 6.20 Å². The van der Waals surface area contributed by atoms with Crippen LogP contribution in [-0.2, 0) is 11.3 Å². The molecule has 0 radical (unpaired) electrons. The first kappa shape index (κ1) is 12.7. The van der Waals surface area contributed by atoms with Gasteiger partial charge in [0.05, 0.1) is 12.7 Å². The summed E-state index contributed by atoms with van der Waals surface area (Å²) in [6.45, 7) is 7.60. The van der Waals surface area contributed by atoms with E-state index in [9.17, 15) is 4.79 Å². The van der Waals surface area contributed by atoms with E-state index in [0.717, 1.165) is 12.1 Å². The molecule has 1 rings (SSSR count). The molecule has 0 aliphatic heterocycles. The number of nitrogens with zero attached hydrogens (tertiary/aromatic N) is 3. The van der Waals surface area contributed by atoms with Gasteiger partial charge in [-0.1, -0.05) is 6.92 Å². The average molecular weight is 225 g/mol. The molecule has 0 fully saturated rings. The number of carboxylic acid groups (broad SMARTS) is 1. The van der Waals surface area contributed by atoms with Gasteiger partial charge in [0.15, 0.2) is 0 Å². The Balaban J connectivity index is 2.73. The molecule has 90 valence electrons. The molecule has 0 saturated carbocycles. The van der Waals surface area contributed by atoms with Gasteiger partial charge in [-0.3, -0.25) is 14.4 Å². The molecule has 0 aromatic carbocycles. The van der Waals surface area contributed by atoms with Crippen molar-refractivity contribution in [3.63, 3.8) is 0 Å². The van der Waals surface area contributed by atoms with E-state index in [2.05, 4.69) is 5.10 Å². The van der Waals surface area contributed by atoms with Crippen LogP contribution < -0.4 is 0 Å². The lowest BCUT2D eigenvalue weighted by molar-refractivity contribution is -0.138. The zero-order valence-electron chi connectivity index (χ0n) is 10.1. The van der Waals surface area contributed by atoms with E-state index in [-0.39, 0.29) is 12.6 Å². The first-order valence-corrected chi connectivity index (χ1v) is 5.56. The predicted molar refractivity (Wildman–Crippen MR) is 61.2 cm³/mol. The van der Waals surface area contributed by atoms with Gasteiger partial charge >= 0.3 is 5.97 Å². The van der Waals surface area contributed by atoms with Gasteiger partial charge in [0, 0.05) is 24.3 Å². The number of carbonyl (C=O) groups is 1. The van der Waals surface area contributed by atoms with Crippen molar-refractivity contribution < 1.29 is 9.90 Å². The molecular weight excluding hydrogens is 206 g/mol. The number of rotatable bonds is 6. The van der Waals surface area contributed by atoms with Crippen LogP contribution in [0.4, 0.5) is 0 Å². The van der Waals surface area contributed by atoms with Crippen LogP contribution in [0, 0.1) is 0 Å². The average Bonchev–Trinajstić information content (AvgIpc) is 2.73. The molecule has 0 spiro atoms. The highest BCUT2D eigenvalue weighted by Crippen LogP contribution is 2.18. The fourth-order valence-corrected chi connectivity index (χ4v) is 1.68. The fourth-order valence-electron chi connectivity index (χ4n) is 1.68. The standard InChI is InChI=1S/C11H19N3O2/c1-4-13(8-11(15)16)9(3)10-6-12-14(5-2)7-10/h6-7,9H,4-5,8H2,1-3H3,(H,15,16). The summed E-state index contributed by atoms with van der Waals surface area (Å²) in [6, 6.07) is 0.0846. The molecule has 0 saturated heterocycles. The van der Waals surface area contributed by atoms with Crippen LogP contribution in [-0.4, -0.2) is 38.8 Å². The van der Waals surface area contributed by atoms with E-state index in [1.807, 2.05) is 36.5 Å². The molecule has 1 heterocycles. The third-order valence-electron chi connectivity index (χ3n) is 2.75. The van der Waals surface area contributed by atoms with Gasteiger partial charge in [-0.05, 0) is 20.4 Å². The number of likely N-dealkylation sites (N-methyl/N-ethyl adjacent to an activating group) is 1. The maximum Gasteiger partial charge on any atom is 0.317 e. The largest absolute Gasteiger partial charge is 0.480 e. The first-order valence-electron chi connectivity index (χ1n) is 5.56. The highest BCUT2D eigenvalue weighted by Gasteiger charge is 2.17. The van der Waals surface area contributed by atoms with Gasteiger partial charge in [-0.2, -0.15) is 5.10 Å². The normalized spacial score (nSPS) is 13.0. The van der Waals surface area contributed by atoms with E-state index in [0.29, 0.717) is 6.54 Å². The Morgan fingerprint density at radius 2 is 2.31 bits per heavy atom. The molecule has 0 bridgehead atoms. The van der Waals surface area contributed by atoms with Crippen molar-refractivity contribution in [2.75, 3.05) is 13.1 Å². The molecular formula is C11H19N3O2. The minimum atomic E-state index is -0.795. The quantitative estimate of drug-likeness (QED) is 0.794. The number of carboxylic acids is 1. The molecule has 5 heteroatoms.